The fourth-order valence-electron chi connectivity index (χ4n) is 2.56. The van der Waals surface area contributed by atoms with Gasteiger partial charge in [0, 0.05) is 12.6 Å². The smallest absolute Gasteiger partial charge is 0.0332 e. The second kappa shape index (κ2) is 7.58. The standard InChI is InChI=1S/C17H24N2S/c1-14-6-4-5-7-16(14)17(18-2)8-10-19(3)12-15-9-11-20-13-15/h4-7,9,11,13,17-18H,8,10,12H2,1-3H3. The highest BCUT2D eigenvalue weighted by Crippen LogP contribution is 2.20. The number of aryl methyl sites for hydroxylation is 1. The van der Waals surface area contributed by atoms with Crippen molar-refractivity contribution < 1.29 is 0 Å². The van der Waals surface area contributed by atoms with E-state index in [1.165, 1.54) is 16.7 Å². The molecule has 2 nitrogen and oxygen atoms in total. The molecule has 108 valence electrons. The zero-order valence-electron chi connectivity index (χ0n) is 12.6. The molecular formula is C17H24N2S. The first-order valence-electron chi connectivity index (χ1n) is 7.13. The zero-order chi connectivity index (χ0) is 14.4. The number of benzene rings is 1. The maximum absolute atomic E-state index is 3.45. The molecule has 0 aliphatic rings. The van der Waals surface area contributed by atoms with Crippen LogP contribution in [0, 0.1) is 6.92 Å². The highest BCUT2D eigenvalue weighted by Gasteiger charge is 2.12. The fraction of sp³-hybridized carbons (Fsp3) is 0.412. The molecule has 0 radical (unpaired) electrons. The highest BCUT2D eigenvalue weighted by atomic mass is 32.1. The molecule has 0 saturated heterocycles. The van der Waals surface area contributed by atoms with Gasteiger partial charge in [0.1, 0.15) is 0 Å². The third-order valence-electron chi connectivity index (χ3n) is 3.74. The summed E-state index contributed by atoms with van der Waals surface area (Å²) in [5.41, 5.74) is 4.20. The number of nitrogens with zero attached hydrogens (tertiary/aromatic N) is 1. The molecule has 1 aromatic heterocycles. The van der Waals surface area contributed by atoms with Crippen LogP contribution in [0.3, 0.4) is 0 Å². The van der Waals surface area contributed by atoms with Crippen molar-refractivity contribution in [3.63, 3.8) is 0 Å². The summed E-state index contributed by atoms with van der Waals surface area (Å²) in [7, 11) is 4.25. The number of rotatable bonds is 7. The van der Waals surface area contributed by atoms with E-state index < -0.39 is 0 Å². The summed E-state index contributed by atoms with van der Waals surface area (Å²) >= 11 is 1.77. The van der Waals surface area contributed by atoms with E-state index in [9.17, 15) is 0 Å². The van der Waals surface area contributed by atoms with E-state index in [0.29, 0.717) is 6.04 Å². The molecule has 2 aromatic rings. The normalized spacial score (nSPS) is 12.8. The number of hydrogen-bond acceptors (Lipinski definition) is 3. The SMILES string of the molecule is CNC(CCN(C)Cc1ccsc1)c1ccccc1C. The molecule has 1 aromatic carbocycles. The van der Waals surface area contributed by atoms with Gasteiger partial charge in [-0.15, -0.1) is 0 Å². The summed E-state index contributed by atoms with van der Waals surface area (Å²) in [4.78, 5) is 2.39. The van der Waals surface area contributed by atoms with E-state index in [-0.39, 0.29) is 0 Å². The van der Waals surface area contributed by atoms with Crippen LogP contribution < -0.4 is 5.32 Å². The van der Waals surface area contributed by atoms with E-state index in [1.54, 1.807) is 11.3 Å². The monoisotopic (exact) mass is 288 g/mol. The summed E-state index contributed by atoms with van der Waals surface area (Å²) in [5, 5.41) is 7.82. The second-order valence-electron chi connectivity index (χ2n) is 5.36. The van der Waals surface area contributed by atoms with E-state index in [4.69, 9.17) is 0 Å². The van der Waals surface area contributed by atoms with Crippen LogP contribution in [0.2, 0.25) is 0 Å². The quantitative estimate of drug-likeness (QED) is 0.833. The molecule has 0 aliphatic heterocycles. The summed E-state index contributed by atoms with van der Waals surface area (Å²) < 4.78 is 0. The molecule has 0 aliphatic carbocycles. The lowest BCUT2D eigenvalue weighted by Crippen LogP contribution is -2.25. The van der Waals surface area contributed by atoms with E-state index in [1.807, 2.05) is 0 Å². The van der Waals surface area contributed by atoms with Crippen molar-refractivity contribution in [1.29, 1.82) is 0 Å². The largest absolute Gasteiger partial charge is 0.313 e. The van der Waals surface area contributed by atoms with Crippen molar-refractivity contribution in [2.75, 3.05) is 20.6 Å². The topological polar surface area (TPSA) is 15.3 Å². The van der Waals surface area contributed by atoms with Crippen LogP contribution in [0.1, 0.15) is 29.2 Å². The molecule has 20 heavy (non-hydrogen) atoms. The summed E-state index contributed by atoms with van der Waals surface area (Å²) in [6.07, 6.45) is 1.13. The fourth-order valence-corrected chi connectivity index (χ4v) is 3.22. The maximum Gasteiger partial charge on any atom is 0.0332 e. The molecular weight excluding hydrogens is 264 g/mol. The summed E-state index contributed by atoms with van der Waals surface area (Å²) in [6.45, 7) is 4.32. The first-order chi connectivity index (χ1) is 9.70. The molecule has 0 saturated carbocycles. The van der Waals surface area contributed by atoms with Crippen LogP contribution in [-0.4, -0.2) is 25.5 Å². The van der Waals surface area contributed by atoms with Crippen molar-refractivity contribution in [3.8, 4) is 0 Å². The van der Waals surface area contributed by atoms with Crippen LogP contribution in [0.4, 0.5) is 0 Å². The Morgan fingerprint density at radius 2 is 2.05 bits per heavy atom. The minimum Gasteiger partial charge on any atom is -0.313 e. The van der Waals surface area contributed by atoms with Gasteiger partial charge < -0.3 is 10.2 Å². The minimum atomic E-state index is 0.432. The Morgan fingerprint density at radius 1 is 1.25 bits per heavy atom. The zero-order valence-corrected chi connectivity index (χ0v) is 13.4. The lowest BCUT2D eigenvalue weighted by atomic mass is 9.99. The Bertz CT molecular complexity index is 507. The van der Waals surface area contributed by atoms with Crippen LogP contribution >= 0.6 is 11.3 Å². The molecule has 2 rings (SSSR count). The van der Waals surface area contributed by atoms with Gasteiger partial charge in [0.25, 0.3) is 0 Å². The maximum atomic E-state index is 3.45. The van der Waals surface area contributed by atoms with Gasteiger partial charge in [-0.1, -0.05) is 24.3 Å². The van der Waals surface area contributed by atoms with Crippen LogP contribution in [0.25, 0.3) is 0 Å². The van der Waals surface area contributed by atoms with E-state index in [0.717, 1.165) is 19.5 Å². The number of nitrogens with one attached hydrogen (secondary N) is 1. The first-order valence-corrected chi connectivity index (χ1v) is 8.07. The average molecular weight is 288 g/mol. The molecule has 3 heteroatoms. The second-order valence-corrected chi connectivity index (χ2v) is 6.14. The predicted molar refractivity (Wildman–Crippen MR) is 88.2 cm³/mol. The Kier molecular flexibility index (Phi) is 5.77. The minimum absolute atomic E-state index is 0.432. The van der Waals surface area contributed by atoms with Crippen molar-refractivity contribution in [1.82, 2.24) is 10.2 Å². The number of hydrogen-bond donors (Lipinski definition) is 1. The summed E-state index contributed by atoms with van der Waals surface area (Å²) in [5.74, 6) is 0. The molecule has 1 N–H and O–H groups in total. The van der Waals surface area contributed by atoms with Crippen molar-refractivity contribution >= 4 is 11.3 Å². The molecule has 1 atom stereocenters. The Hall–Kier alpha value is -1.16. The van der Waals surface area contributed by atoms with Gasteiger partial charge in [-0.2, -0.15) is 11.3 Å². The third-order valence-corrected chi connectivity index (χ3v) is 4.48. The van der Waals surface area contributed by atoms with Crippen LogP contribution in [0.15, 0.2) is 41.1 Å². The summed E-state index contributed by atoms with van der Waals surface area (Å²) in [6, 6.07) is 11.3. The van der Waals surface area contributed by atoms with Crippen molar-refractivity contribution in [3.05, 3.63) is 57.8 Å². The van der Waals surface area contributed by atoms with E-state index >= 15 is 0 Å². The van der Waals surface area contributed by atoms with Crippen LogP contribution in [-0.2, 0) is 6.54 Å². The molecule has 0 amide bonds. The van der Waals surface area contributed by atoms with Gasteiger partial charge in [0.05, 0.1) is 0 Å². The van der Waals surface area contributed by atoms with E-state index in [2.05, 4.69) is 72.3 Å². The van der Waals surface area contributed by atoms with Gasteiger partial charge >= 0.3 is 0 Å². The molecule has 0 spiro atoms. The lowest BCUT2D eigenvalue weighted by molar-refractivity contribution is 0.304. The van der Waals surface area contributed by atoms with Gasteiger partial charge in [-0.3, -0.25) is 0 Å². The highest BCUT2D eigenvalue weighted by molar-refractivity contribution is 7.07. The van der Waals surface area contributed by atoms with Gasteiger partial charge in [0.15, 0.2) is 0 Å². The molecule has 0 bridgehead atoms. The Labute approximate surface area is 126 Å². The molecule has 0 fully saturated rings. The Balaban J connectivity index is 1.89. The lowest BCUT2D eigenvalue weighted by Gasteiger charge is -2.22. The Morgan fingerprint density at radius 3 is 2.70 bits per heavy atom. The van der Waals surface area contributed by atoms with Gasteiger partial charge in [-0.25, -0.2) is 0 Å². The third kappa shape index (κ3) is 4.17. The first kappa shape index (κ1) is 15.2. The van der Waals surface area contributed by atoms with Crippen molar-refractivity contribution in [2.45, 2.75) is 25.9 Å². The van der Waals surface area contributed by atoms with Crippen LogP contribution in [0.5, 0.6) is 0 Å². The molecule has 1 heterocycles. The predicted octanol–water partition coefficient (Wildman–Crippen LogP) is 3.84. The van der Waals surface area contributed by atoms with Gasteiger partial charge in [-0.05, 0) is 67.5 Å². The van der Waals surface area contributed by atoms with Gasteiger partial charge in [0.2, 0.25) is 0 Å². The average Bonchev–Trinajstić information content (AvgIpc) is 2.94. The van der Waals surface area contributed by atoms with Crippen molar-refractivity contribution in [2.24, 2.45) is 0 Å². The number of thiophene rings is 1. The molecule has 1 unspecified atom stereocenters.